The van der Waals surface area contributed by atoms with Gasteiger partial charge in [-0.25, -0.2) is 0 Å². The van der Waals surface area contributed by atoms with Crippen LogP contribution in [0.15, 0.2) is 24.3 Å². The molecule has 1 aliphatic rings. The van der Waals surface area contributed by atoms with Gasteiger partial charge in [-0.2, -0.15) is 0 Å². The molecule has 0 aromatic heterocycles. The first-order valence-electron chi connectivity index (χ1n) is 10.6. The van der Waals surface area contributed by atoms with Crippen molar-refractivity contribution in [1.29, 1.82) is 0 Å². The number of allylic oxidation sites excluding steroid dienone is 1. The van der Waals surface area contributed by atoms with Crippen LogP contribution in [0.1, 0.15) is 86.0 Å². The fourth-order valence-corrected chi connectivity index (χ4v) is 5.51. The molecule has 0 saturated heterocycles. The number of aliphatic hydroxyl groups is 1. The smallest absolute Gasteiger partial charge is 0.192 e. The molecule has 0 aromatic rings. The summed E-state index contributed by atoms with van der Waals surface area (Å²) >= 11 is 0. The molecule has 2 nitrogen and oxygen atoms in total. The molecular formula is C23H44O2Si. The maximum Gasteiger partial charge on any atom is 0.192 e. The summed E-state index contributed by atoms with van der Waals surface area (Å²) in [5, 5.41) is 10.5. The molecular weight excluding hydrogens is 336 g/mol. The van der Waals surface area contributed by atoms with E-state index in [9.17, 15) is 5.11 Å². The van der Waals surface area contributed by atoms with E-state index in [1.165, 1.54) is 24.8 Å². The van der Waals surface area contributed by atoms with Gasteiger partial charge in [0.15, 0.2) is 8.32 Å². The number of hydrogen-bond donors (Lipinski definition) is 1. The lowest BCUT2D eigenvalue weighted by molar-refractivity contribution is 0.0502. The van der Waals surface area contributed by atoms with Crippen LogP contribution in [0.5, 0.6) is 0 Å². The molecule has 1 N–H and O–H groups in total. The zero-order chi connectivity index (χ0) is 20.0. The van der Waals surface area contributed by atoms with Gasteiger partial charge in [-0.3, -0.25) is 0 Å². The summed E-state index contributed by atoms with van der Waals surface area (Å²) in [5.74, 6) is 0.264. The molecule has 0 aliphatic heterocycles. The average Bonchev–Trinajstić information content (AvgIpc) is 2.85. The lowest BCUT2D eigenvalue weighted by Gasteiger charge is -2.45. The van der Waals surface area contributed by atoms with Crippen LogP contribution in [-0.2, 0) is 4.43 Å². The summed E-state index contributed by atoms with van der Waals surface area (Å²) < 4.78 is 6.95. The molecule has 1 aliphatic carbocycles. The molecule has 0 bridgehead atoms. The first-order chi connectivity index (χ1) is 12.0. The van der Waals surface area contributed by atoms with Crippen molar-refractivity contribution in [2.24, 2.45) is 5.92 Å². The number of hydrogen-bond acceptors (Lipinski definition) is 2. The second-order valence-corrected chi connectivity index (χ2v) is 14.7. The Morgan fingerprint density at radius 3 is 2.42 bits per heavy atom. The Balaban J connectivity index is 2.84. The van der Waals surface area contributed by atoms with Crippen molar-refractivity contribution in [3.8, 4) is 0 Å². The summed E-state index contributed by atoms with van der Waals surface area (Å²) in [6.45, 7) is 20.2. The van der Waals surface area contributed by atoms with Crippen LogP contribution in [-0.4, -0.2) is 25.1 Å². The second-order valence-electron chi connectivity index (χ2n) is 9.98. The molecule has 3 unspecified atom stereocenters. The topological polar surface area (TPSA) is 29.5 Å². The highest BCUT2D eigenvalue weighted by atomic mass is 28.4. The maximum atomic E-state index is 10.3. The zero-order valence-corrected chi connectivity index (χ0v) is 19.5. The minimum Gasteiger partial charge on any atom is -0.412 e. The molecule has 3 heteroatoms. The summed E-state index contributed by atoms with van der Waals surface area (Å²) in [6.07, 6.45) is 12.6. The third-order valence-electron chi connectivity index (χ3n) is 6.54. The van der Waals surface area contributed by atoms with Crippen LogP contribution in [0.25, 0.3) is 0 Å². The van der Waals surface area contributed by atoms with E-state index in [1.807, 2.05) is 6.08 Å². The Hall–Kier alpha value is -0.383. The number of unbranched alkanes of at least 4 members (excludes halogenated alkanes) is 2. The molecule has 0 saturated carbocycles. The van der Waals surface area contributed by atoms with Crippen LogP contribution in [0.2, 0.25) is 18.1 Å². The molecule has 0 heterocycles. The van der Waals surface area contributed by atoms with Crippen molar-refractivity contribution in [2.45, 2.75) is 116 Å². The number of rotatable bonds is 11. The van der Waals surface area contributed by atoms with E-state index in [4.69, 9.17) is 4.43 Å². The van der Waals surface area contributed by atoms with E-state index in [0.29, 0.717) is 0 Å². The Kier molecular flexibility index (Phi) is 8.83. The third-order valence-corrected chi connectivity index (χ3v) is 11.2. The molecule has 3 atom stereocenters. The van der Waals surface area contributed by atoms with Crippen molar-refractivity contribution in [1.82, 2.24) is 0 Å². The summed E-state index contributed by atoms with van der Waals surface area (Å²) in [7, 11) is -1.81. The van der Waals surface area contributed by atoms with Gasteiger partial charge in [0.05, 0.1) is 11.7 Å². The normalized spacial score (nSPS) is 23.6. The average molecular weight is 381 g/mol. The first-order valence-corrected chi connectivity index (χ1v) is 13.5. The largest absolute Gasteiger partial charge is 0.412 e. The zero-order valence-electron chi connectivity index (χ0n) is 18.5. The van der Waals surface area contributed by atoms with Gasteiger partial charge in [-0.15, -0.1) is 6.58 Å². The molecule has 1 rings (SSSR count). The highest BCUT2D eigenvalue weighted by Gasteiger charge is 2.43. The van der Waals surface area contributed by atoms with E-state index >= 15 is 0 Å². The van der Waals surface area contributed by atoms with Gasteiger partial charge in [0.1, 0.15) is 0 Å². The van der Waals surface area contributed by atoms with Gasteiger partial charge in [-0.05, 0) is 57.2 Å². The predicted octanol–water partition coefficient (Wildman–Crippen LogP) is 7.01. The van der Waals surface area contributed by atoms with Gasteiger partial charge >= 0.3 is 0 Å². The van der Waals surface area contributed by atoms with E-state index < -0.39 is 8.32 Å². The fourth-order valence-electron chi connectivity index (χ4n) is 3.76. The first kappa shape index (κ1) is 23.7. The molecule has 0 spiro atoms. The van der Waals surface area contributed by atoms with Crippen molar-refractivity contribution in [3.63, 3.8) is 0 Å². The Labute approximate surface area is 164 Å². The van der Waals surface area contributed by atoms with Crippen LogP contribution in [0.4, 0.5) is 0 Å². The van der Waals surface area contributed by atoms with Crippen molar-refractivity contribution in [3.05, 3.63) is 24.3 Å². The van der Waals surface area contributed by atoms with Gasteiger partial charge in [0, 0.05) is 5.92 Å². The molecule has 0 fully saturated rings. The Morgan fingerprint density at radius 2 is 1.88 bits per heavy atom. The molecule has 26 heavy (non-hydrogen) atoms. The van der Waals surface area contributed by atoms with E-state index in [2.05, 4.69) is 60.4 Å². The lowest BCUT2D eigenvalue weighted by Crippen LogP contribution is -2.48. The van der Waals surface area contributed by atoms with Gasteiger partial charge in [-0.1, -0.05) is 64.7 Å². The summed E-state index contributed by atoms with van der Waals surface area (Å²) in [6, 6.07) is 0. The van der Waals surface area contributed by atoms with E-state index in [1.54, 1.807) is 0 Å². The molecule has 0 amide bonds. The Bertz CT molecular complexity index is 475. The van der Waals surface area contributed by atoms with Gasteiger partial charge in [0.2, 0.25) is 0 Å². The molecule has 0 aromatic carbocycles. The predicted molar refractivity (Wildman–Crippen MR) is 117 cm³/mol. The van der Waals surface area contributed by atoms with Crippen LogP contribution < -0.4 is 0 Å². The van der Waals surface area contributed by atoms with Gasteiger partial charge < -0.3 is 9.53 Å². The fraction of sp³-hybridized carbons (Fsp3) is 0.826. The van der Waals surface area contributed by atoms with Crippen LogP contribution >= 0.6 is 0 Å². The lowest BCUT2D eigenvalue weighted by atomic mass is 9.87. The van der Waals surface area contributed by atoms with Crippen molar-refractivity contribution >= 4 is 8.32 Å². The van der Waals surface area contributed by atoms with Crippen LogP contribution in [0.3, 0.4) is 0 Å². The summed E-state index contributed by atoms with van der Waals surface area (Å²) in [4.78, 5) is 0. The minimum atomic E-state index is -1.81. The number of aliphatic hydroxyl groups excluding tert-OH is 1. The highest BCUT2D eigenvalue weighted by Crippen LogP contribution is 2.43. The Morgan fingerprint density at radius 1 is 1.23 bits per heavy atom. The minimum absolute atomic E-state index is 0.0642. The van der Waals surface area contributed by atoms with Gasteiger partial charge in [0.25, 0.3) is 0 Å². The molecule has 0 radical (unpaired) electrons. The highest BCUT2D eigenvalue weighted by molar-refractivity contribution is 6.74. The monoisotopic (exact) mass is 380 g/mol. The maximum absolute atomic E-state index is 10.3. The third kappa shape index (κ3) is 6.65. The standard InChI is InChI=1S/C23H44O2Si/c1-9-11-12-17-23(6,25-26(7,8)22(3,4)5)18-16-19-14-15-21(24)20(19)13-10-2/h10,14,20-21,24H,2,9,11-13,15-18H2,1,3-8H3. The van der Waals surface area contributed by atoms with Crippen LogP contribution in [0, 0.1) is 5.92 Å². The van der Waals surface area contributed by atoms with E-state index in [-0.39, 0.29) is 22.7 Å². The summed E-state index contributed by atoms with van der Waals surface area (Å²) in [5.41, 5.74) is 1.35. The SMILES string of the molecule is C=CCC1C(CCC(C)(CCCCC)O[Si](C)(C)C(C)(C)C)=CCC1O. The van der Waals surface area contributed by atoms with Crippen molar-refractivity contribution in [2.75, 3.05) is 0 Å². The second kappa shape index (κ2) is 9.70. The quantitative estimate of drug-likeness (QED) is 0.237. The van der Waals surface area contributed by atoms with E-state index in [0.717, 1.165) is 32.1 Å². The van der Waals surface area contributed by atoms with Crippen molar-refractivity contribution < 1.29 is 9.53 Å². The molecule has 152 valence electrons.